The molecule has 456 valence electrons. The van der Waals surface area contributed by atoms with E-state index < -0.39 is 0 Å². The molecule has 0 N–H and O–H groups in total. The summed E-state index contributed by atoms with van der Waals surface area (Å²) in [5.74, 6) is 3.03. The number of hydrogen-bond donors (Lipinski definition) is 0. The molecular weight excluding hydrogens is 1220 g/mol. The van der Waals surface area contributed by atoms with Crippen LogP contribution in [0.2, 0.25) is 0 Å². The fourth-order valence-corrected chi connectivity index (χ4v) is 16.6. The Morgan fingerprint density at radius 2 is 0.633 bits per heavy atom. The van der Waals surface area contributed by atoms with E-state index in [9.17, 15) is 0 Å². The van der Waals surface area contributed by atoms with Crippen molar-refractivity contribution in [1.82, 2.24) is 38.2 Å². The number of benzene rings is 14. The Balaban J connectivity index is 0.000000129. The number of hydrogen-bond acceptors (Lipinski definition) is 6. The molecule has 22 rings (SSSR count). The smallest absolute Gasteiger partial charge is 0.233 e. The van der Waals surface area contributed by atoms with Crippen molar-refractivity contribution in [3.63, 3.8) is 0 Å². The highest BCUT2D eigenvalue weighted by molar-refractivity contribution is 7.25. The van der Waals surface area contributed by atoms with Crippen LogP contribution >= 0.6 is 11.3 Å². The molecule has 0 bridgehead atoms. The van der Waals surface area contributed by atoms with Crippen molar-refractivity contribution in [3.05, 3.63) is 315 Å². The van der Waals surface area contributed by atoms with E-state index in [4.69, 9.17) is 24.4 Å². The van der Waals surface area contributed by atoms with Gasteiger partial charge in [0.2, 0.25) is 5.71 Å². The summed E-state index contributed by atoms with van der Waals surface area (Å²) in [5, 5.41) is 18.6. The summed E-state index contributed by atoms with van der Waals surface area (Å²) < 4.78 is 17.1. The minimum atomic E-state index is 0.566. The van der Waals surface area contributed by atoms with Gasteiger partial charge in [-0.3, -0.25) is 9.13 Å². The van der Waals surface area contributed by atoms with E-state index in [0.29, 0.717) is 17.4 Å². The topological polar surface area (TPSA) is 84.4 Å². The van der Waals surface area contributed by atoms with Crippen LogP contribution in [0.1, 0.15) is 0 Å². The van der Waals surface area contributed by atoms with E-state index in [-0.39, 0.29) is 0 Å². The predicted molar refractivity (Wildman–Crippen MR) is 407 cm³/mol. The zero-order chi connectivity index (χ0) is 64.1. The largest absolute Gasteiger partial charge is 0.437 e. The van der Waals surface area contributed by atoms with Gasteiger partial charge in [0.1, 0.15) is 10.4 Å². The van der Waals surface area contributed by atoms with E-state index in [1.807, 2.05) is 18.2 Å². The summed E-state index contributed by atoms with van der Waals surface area (Å²) in [7, 11) is 0. The van der Waals surface area contributed by atoms with Gasteiger partial charge in [-0.25, -0.2) is 15.0 Å². The van der Waals surface area contributed by atoms with Gasteiger partial charge in [-0.1, -0.05) is 218 Å². The third kappa shape index (κ3) is 8.19. The van der Waals surface area contributed by atoms with Gasteiger partial charge in [0.05, 0.1) is 54.9 Å². The summed E-state index contributed by atoms with van der Waals surface area (Å²) in [5.41, 5.74) is 14.5. The minimum absolute atomic E-state index is 0.566. The third-order valence-corrected chi connectivity index (χ3v) is 20.9. The van der Waals surface area contributed by atoms with Crippen molar-refractivity contribution < 1.29 is 4.42 Å². The lowest BCUT2D eigenvalue weighted by Crippen LogP contribution is -2.02. The van der Waals surface area contributed by atoms with Crippen LogP contribution in [-0.2, 0) is 0 Å². The molecule has 9 nitrogen and oxygen atoms in total. The van der Waals surface area contributed by atoms with Crippen molar-refractivity contribution in [3.8, 4) is 45.8 Å². The van der Waals surface area contributed by atoms with Crippen molar-refractivity contribution in [2.75, 3.05) is 0 Å². The Labute approximate surface area is 562 Å². The Kier molecular flexibility index (Phi) is 11.8. The number of rotatable bonds is 6. The summed E-state index contributed by atoms with van der Waals surface area (Å²) in [6.45, 7) is 0. The highest BCUT2D eigenvalue weighted by atomic mass is 32.1. The van der Waals surface area contributed by atoms with Crippen LogP contribution in [0.3, 0.4) is 0 Å². The van der Waals surface area contributed by atoms with Crippen LogP contribution in [0.15, 0.2) is 320 Å². The Morgan fingerprint density at radius 1 is 0.255 bits per heavy atom. The molecule has 14 aromatic carbocycles. The monoisotopic (exact) mass is 1270 g/mol. The molecule has 0 saturated heterocycles. The van der Waals surface area contributed by atoms with Crippen molar-refractivity contribution >= 4 is 162 Å². The van der Waals surface area contributed by atoms with Gasteiger partial charge in [0.15, 0.2) is 23.3 Å². The van der Waals surface area contributed by atoms with Crippen LogP contribution in [-0.4, -0.2) is 38.2 Å². The standard InChI is InChI=1S/C44H26N4O.C44H26N4S/c2*1-2-14-30(15-3-1)47-36-19-9-6-16-31(36)33-23-22-29(26-38(33)47)42-45-43(41-34-18-8-11-21-40(34)49-44(41)46-42)48-37-20-10-7-17-32(37)35-24-27-12-4-5-13-28(27)25-39(35)48/h2*1-26H. The van der Waals surface area contributed by atoms with Gasteiger partial charge in [0, 0.05) is 81.1 Å². The molecule has 0 aliphatic rings. The number of thiophene rings is 1. The first-order chi connectivity index (χ1) is 48.6. The second kappa shape index (κ2) is 21.2. The zero-order valence-corrected chi connectivity index (χ0v) is 53.2. The number of aromatic nitrogens is 8. The maximum atomic E-state index is 6.51. The first kappa shape index (κ1) is 54.4. The normalized spacial score (nSPS) is 12.1. The average molecular weight is 1270 g/mol. The third-order valence-electron chi connectivity index (χ3n) is 19.8. The molecule has 0 aliphatic carbocycles. The second-order valence-corrected chi connectivity index (χ2v) is 26.3. The molecule has 22 aromatic rings. The summed E-state index contributed by atoms with van der Waals surface area (Å²) in [4.78, 5) is 22.4. The molecule has 0 aliphatic heterocycles. The van der Waals surface area contributed by atoms with Crippen LogP contribution in [0.4, 0.5) is 0 Å². The summed E-state index contributed by atoms with van der Waals surface area (Å²) in [6.07, 6.45) is 0. The van der Waals surface area contributed by atoms with E-state index in [1.165, 1.54) is 80.2 Å². The quantitative estimate of drug-likeness (QED) is 0.166. The van der Waals surface area contributed by atoms with Crippen molar-refractivity contribution in [1.29, 1.82) is 0 Å². The molecule has 0 radical (unpaired) electrons. The lowest BCUT2D eigenvalue weighted by molar-refractivity contribution is 0.653. The molecule has 0 saturated carbocycles. The molecule has 0 fully saturated rings. The summed E-state index contributed by atoms with van der Waals surface area (Å²) in [6, 6.07) is 112. The highest BCUT2D eigenvalue weighted by Crippen LogP contribution is 2.45. The lowest BCUT2D eigenvalue weighted by atomic mass is 10.1. The molecule has 10 heteroatoms. The predicted octanol–water partition coefficient (Wildman–Crippen LogP) is 23.2. The van der Waals surface area contributed by atoms with E-state index in [1.54, 1.807) is 11.3 Å². The Hall–Kier alpha value is -13.0. The van der Waals surface area contributed by atoms with E-state index in [0.717, 1.165) is 99.3 Å². The molecule has 0 unspecified atom stereocenters. The summed E-state index contributed by atoms with van der Waals surface area (Å²) >= 11 is 1.73. The van der Waals surface area contributed by atoms with Crippen LogP contribution in [0.5, 0.6) is 0 Å². The maximum absolute atomic E-state index is 6.51. The fraction of sp³-hybridized carbons (Fsp3) is 0. The lowest BCUT2D eigenvalue weighted by Gasteiger charge is -2.12. The molecule has 0 amide bonds. The number of fused-ring (bicyclic) bond motifs is 20. The molecule has 8 aromatic heterocycles. The van der Waals surface area contributed by atoms with Gasteiger partial charge in [0.25, 0.3) is 0 Å². The fourth-order valence-electron chi connectivity index (χ4n) is 15.5. The molecule has 98 heavy (non-hydrogen) atoms. The zero-order valence-electron chi connectivity index (χ0n) is 52.4. The minimum Gasteiger partial charge on any atom is -0.437 e. The number of furan rings is 1. The Bertz CT molecular complexity index is 6650. The van der Waals surface area contributed by atoms with Crippen molar-refractivity contribution in [2.45, 2.75) is 0 Å². The molecule has 8 heterocycles. The van der Waals surface area contributed by atoms with Gasteiger partial charge in [-0.2, -0.15) is 4.98 Å². The number of nitrogens with zero attached hydrogens (tertiary/aromatic N) is 8. The van der Waals surface area contributed by atoms with E-state index >= 15 is 0 Å². The average Bonchev–Trinajstić information content (AvgIpc) is 1.56. The van der Waals surface area contributed by atoms with Gasteiger partial charge < -0.3 is 13.6 Å². The molecular formula is C88H52N8OS. The van der Waals surface area contributed by atoms with E-state index in [2.05, 4.69) is 316 Å². The number of para-hydroxylation sites is 7. The van der Waals surface area contributed by atoms with Crippen LogP contribution in [0.25, 0.3) is 197 Å². The Morgan fingerprint density at radius 3 is 1.15 bits per heavy atom. The van der Waals surface area contributed by atoms with Gasteiger partial charge >= 0.3 is 0 Å². The molecule has 0 spiro atoms. The van der Waals surface area contributed by atoms with Crippen LogP contribution in [0, 0.1) is 0 Å². The highest BCUT2D eigenvalue weighted by Gasteiger charge is 2.26. The van der Waals surface area contributed by atoms with Gasteiger partial charge in [-0.05, 0) is 119 Å². The van der Waals surface area contributed by atoms with Crippen LogP contribution < -0.4 is 0 Å². The SMILES string of the molecule is c1ccc(-n2c3ccccc3c3ccc(-c4nc(-n5c6ccccc6c6cc7ccccc7cc65)c5c(n4)oc4ccccc45)cc32)cc1.c1ccc(-n2c3ccccc3c3ccc(-c4nc(-n5c6ccccc6c6cc7ccccc7cc65)c5c(n4)sc4ccccc45)cc32)cc1. The van der Waals surface area contributed by atoms with Crippen molar-refractivity contribution in [2.24, 2.45) is 0 Å². The van der Waals surface area contributed by atoms with Gasteiger partial charge in [-0.15, -0.1) is 11.3 Å². The maximum Gasteiger partial charge on any atom is 0.233 e. The molecule has 0 atom stereocenters. The first-order valence-corrected chi connectivity index (χ1v) is 33.8. The first-order valence-electron chi connectivity index (χ1n) is 33.0. The second-order valence-electron chi connectivity index (χ2n) is 25.3.